The van der Waals surface area contributed by atoms with Gasteiger partial charge in [-0.15, -0.1) is 0 Å². The van der Waals surface area contributed by atoms with E-state index in [2.05, 4.69) is 11.5 Å². The van der Waals surface area contributed by atoms with Gasteiger partial charge in [-0.3, -0.25) is 0 Å². The minimum absolute atomic E-state index is 0.0863. The zero-order valence-corrected chi connectivity index (χ0v) is 15.0. The van der Waals surface area contributed by atoms with Crippen LogP contribution >= 0.6 is 0 Å². The lowest BCUT2D eigenvalue weighted by Gasteiger charge is -2.07. The van der Waals surface area contributed by atoms with E-state index in [1.165, 1.54) is 18.2 Å². The van der Waals surface area contributed by atoms with E-state index in [0.717, 1.165) is 36.0 Å². The fourth-order valence-electron chi connectivity index (χ4n) is 2.71. The molecule has 0 saturated heterocycles. The lowest BCUT2D eigenvalue weighted by atomic mass is 10.1. The van der Waals surface area contributed by atoms with Gasteiger partial charge >= 0.3 is 5.97 Å². The molecule has 1 heterocycles. The number of nitrogens with zero attached hydrogens (tertiary/aromatic N) is 2. The zero-order valence-electron chi connectivity index (χ0n) is 15.0. The maximum Gasteiger partial charge on any atom is 0.349 e. The number of rotatable bonds is 6. The predicted molar refractivity (Wildman–Crippen MR) is 93.9 cm³/mol. The second kappa shape index (κ2) is 8.43. The van der Waals surface area contributed by atoms with Gasteiger partial charge in [-0.1, -0.05) is 19.1 Å². The van der Waals surface area contributed by atoms with Gasteiger partial charge in [0.25, 0.3) is 0 Å². The third kappa shape index (κ3) is 4.17. The monoisotopic (exact) mass is 358 g/mol. The molecule has 0 unspecified atom stereocenters. The van der Waals surface area contributed by atoms with Crippen molar-refractivity contribution in [2.24, 2.45) is 0 Å². The summed E-state index contributed by atoms with van der Waals surface area (Å²) < 4.78 is 33.9. The summed E-state index contributed by atoms with van der Waals surface area (Å²) in [5.41, 5.74) is 2.45. The molecule has 1 aromatic heterocycles. The summed E-state index contributed by atoms with van der Waals surface area (Å²) in [7, 11) is 0. The van der Waals surface area contributed by atoms with Crippen molar-refractivity contribution in [3.05, 3.63) is 64.0 Å². The van der Waals surface area contributed by atoms with E-state index in [0.29, 0.717) is 0 Å². The maximum absolute atomic E-state index is 13.6. The quantitative estimate of drug-likeness (QED) is 0.436. The maximum atomic E-state index is 13.6. The molecule has 2 rings (SSSR count). The molecule has 0 saturated carbocycles. The van der Waals surface area contributed by atoms with Gasteiger partial charge in [-0.05, 0) is 44.0 Å². The van der Waals surface area contributed by atoms with Crippen LogP contribution in [-0.4, -0.2) is 10.5 Å². The fraction of sp³-hybridized carbons (Fsp3) is 0.300. The highest BCUT2D eigenvalue weighted by atomic mass is 19.2. The van der Waals surface area contributed by atoms with Crippen molar-refractivity contribution < 1.29 is 18.3 Å². The van der Waals surface area contributed by atoms with Crippen molar-refractivity contribution >= 4 is 12.0 Å². The first kappa shape index (κ1) is 19.4. The van der Waals surface area contributed by atoms with Crippen LogP contribution in [0.1, 0.15) is 35.9 Å². The van der Waals surface area contributed by atoms with E-state index in [1.807, 2.05) is 26.0 Å². The van der Waals surface area contributed by atoms with Crippen LogP contribution in [0.4, 0.5) is 8.78 Å². The van der Waals surface area contributed by atoms with Gasteiger partial charge in [0.05, 0.1) is 0 Å². The number of halogens is 2. The molecule has 0 amide bonds. The van der Waals surface area contributed by atoms with Gasteiger partial charge in [-0.2, -0.15) is 5.26 Å². The molecule has 136 valence electrons. The standard InChI is InChI=1S/C20H20F2N2O2/c1-4-8-24-13(2)9-16(14(24)3)10-17(11-23)20(25)26-12-15-6-5-7-18(21)19(15)22/h5-7,9-10H,4,8,12H2,1-3H3/b17-10+. The van der Waals surface area contributed by atoms with Crippen molar-refractivity contribution in [2.75, 3.05) is 0 Å². The Morgan fingerprint density at radius 1 is 1.35 bits per heavy atom. The highest BCUT2D eigenvalue weighted by Gasteiger charge is 2.15. The number of ether oxygens (including phenoxy) is 1. The van der Waals surface area contributed by atoms with Gasteiger partial charge in [0, 0.05) is 23.5 Å². The average molecular weight is 358 g/mol. The fourth-order valence-corrected chi connectivity index (χ4v) is 2.71. The van der Waals surface area contributed by atoms with Crippen molar-refractivity contribution in [2.45, 2.75) is 40.3 Å². The van der Waals surface area contributed by atoms with Crippen molar-refractivity contribution in [3.8, 4) is 6.07 Å². The molecule has 2 aromatic rings. The molecule has 26 heavy (non-hydrogen) atoms. The summed E-state index contributed by atoms with van der Waals surface area (Å²) in [5.74, 6) is -2.96. The Hall–Kier alpha value is -2.94. The molecule has 1 aromatic carbocycles. The second-order valence-corrected chi connectivity index (χ2v) is 5.94. The molecule has 0 atom stereocenters. The predicted octanol–water partition coefficient (Wildman–Crippen LogP) is 4.44. The van der Waals surface area contributed by atoms with Crippen LogP contribution < -0.4 is 0 Å². The van der Waals surface area contributed by atoms with Crippen LogP contribution in [0.2, 0.25) is 0 Å². The molecule has 0 bridgehead atoms. The summed E-state index contributed by atoms with van der Waals surface area (Å²) in [6.45, 7) is 6.33. The lowest BCUT2D eigenvalue weighted by Crippen LogP contribution is -2.08. The Labute approximate surface area is 151 Å². The van der Waals surface area contributed by atoms with E-state index in [1.54, 1.807) is 0 Å². The summed E-state index contributed by atoms with van der Waals surface area (Å²) in [6, 6.07) is 7.32. The Morgan fingerprint density at radius 2 is 2.08 bits per heavy atom. The summed E-state index contributed by atoms with van der Waals surface area (Å²) >= 11 is 0. The van der Waals surface area contributed by atoms with E-state index in [4.69, 9.17) is 4.74 Å². The Balaban J connectivity index is 2.19. The van der Waals surface area contributed by atoms with Crippen LogP contribution in [0.3, 0.4) is 0 Å². The van der Waals surface area contributed by atoms with Crippen LogP contribution in [0.25, 0.3) is 6.08 Å². The first-order chi connectivity index (χ1) is 12.4. The molecule has 0 aliphatic carbocycles. The first-order valence-corrected chi connectivity index (χ1v) is 8.27. The molecule has 0 aliphatic rings. The number of carbonyl (C=O) groups is 1. The second-order valence-electron chi connectivity index (χ2n) is 5.94. The minimum Gasteiger partial charge on any atom is -0.457 e. The number of hydrogen-bond acceptors (Lipinski definition) is 3. The molecule has 6 heteroatoms. The van der Waals surface area contributed by atoms with E-state index in [-0.39, 0.29) is 11.1 Å². The van der Waals surface area contributed by atoms with Crippen molar-refractivity contribution in [1.29, 1.82) is 5.26 Å². The number of carbonyl (C=O) groups excluding carboxylic acids is 1. The molecule has 0 spiro atoms. The van der Waals surface area contributed by atoms with Gasteiger partial charge in [-0.25, -0.2) is 13.6 Å². The Kier molecular flexibility index (Phi) is 6.29. The number of hydrogen-bond donors (Lipinski definition) is 0. The molecule has 4 nitrogen and oxygen atoms in total. The molecule has 0 N–H and O–H groups in total. The normalized spacial score (nSPS) is 11.3. The van der Waals surface area contributed by atoms with Gasteiger partial charge < -0.3 is 9.30 Å². The first-order valence-electron chi connectivity index (χ1n) is 8.27. The average Bonchev–Trinajstić information content (AvgIpc) is 2.88. The van der Waals surface area contributed by atoms with Crippen molar-refractivity contribution in [1.82, 2.24) is 4.57 Å². The molecular weight excluding hydrogens is 338 g/mol. The van der Waals surface area contributed by atoms with Crippen LogP contribution in [-0.2, 0) is 22.7 Å². The van der Waals surface area contributed by atoms with Crippen LogP contribution in [0, 0.1) is 36.8 Å². The number of aromatic nitrogens is 1. The number of benzene rings is 1. The summed E-state index contributed by atoms with van der Waals surface area (Å²) in [4.78, 5) is 12.1. The Bertz CT molecular complexity index is 892. The number of esters is 1. The van der Waals surface area contributed by atoms with E-state index in [9.17, 15) is 18.8 Å². The van der Waals surface area contributed by atoms with Gasteiger partial charge in [0.15, 0.2) is 11.6 Å². The SMILES string of the molecule is CCCn1c(C)cc(/C=C(\C#N)C(=O)OCc2cccc(F)c2F)c1C. The smallest absolute Gasteiger partial charge is 0.349 e. The highest BCUT2D eigenvalue weighted by Crippen LogP contribution is 2.20. The van der Waals surface area contributed by atoms with Crippen LogP contribution in [0.15, 0.2) is 29.8 Å². The van der Waals surface area contributed by atoms with Gasteiger partial charge in [0.1, 0.15) is 18.2 Å². The Morgan fingerprint density at radius 3 is 2.73 bits per heavy atom. The number of nitriles is 1. The largest absolute Gasteiger partial charge is 0.457 e. The third-order valence-corrected chi connectivity index (χ3v) is 4.09. The summed E-state index contributed by atoms with van der Waals surface area (Å²) in [5, 5.41) is 9.26. The van der Waals surface area contributed by atoms with Crippen LogP contribution in [0.5, 0.6) is 0 Å². The lowest BCUT2D eigenvalue weighted by molar-refractivity contribution is -0.139. The molecule has 0 radical (unpaired) electrons. The number of aryl methyl sites for hydroxylation is 1. The van der Waals surface area contributed by atoms with Gasteiger partial charge in [0.2, 0.25) is 0 Å². The molecule has 0 aliphatic heterocycles. The van der Waals surface area contributed by atoms with Crippen molar-refractivity contribution in [3.63, 3.8) is 0 Å². The molecule has 0 fully saturated rings. The molecular formula is C20H20F2N2O2. The third-order valence-electron chi connectivity index (χ3n) is 4.09. The zero-order chi connectivity index (χ0) is 19.3. The summed E-state index contributed by atoms with van der Waals surface area (Å²) in [6.07, 6.45) is 2.42. The van der Waals surface area contributed by atoms with E-state index < -0.39 is 24.2 Å². The highest BCUT2D eigenvalue weighted by molar-refractivity contribution is 5.98. The van der Waals surface area contributed by atoms with E-state index >= 15 is 0 Å². The minimum atomic E-state index is -1.06. The topological polar surface area (TPSA) is 55.0 Å².